The number of aliphatic hydroxyl groups excluding tert-OH is 1. The zero-order valence-electron chi connectivity index (χ0n) is 10.6. The number of hydrogen-bond acceptors (Lipinski definition) is 3. The summed E-state index contributed by atoms with van der Waals surface area (Å²) in [6, 6.07) is 11.7. The first-order chi connectivity index (χ1) is 9.56. The van der Waals surface area contributed by atoms with Crippen molar-refractivity contribution in [2.45, 2.75) is 12.5 Å². The third-order valence-electron chi connectivity index (χ3n) is 2.79. The molecule has 2 aromatic rings. The summed E-state index contributed by atoms with van der Waals surface area (Å²) >= 11 is 0. The number of anilines is 1. The molecule has 5 heteroatoms. The number of hydrogen-bond donors (Lipinski definition) is 3. The van der Waals surface area contributed by atoms with Gasteiger partial charge in [0.05, 0.1) is 18.2 Å². The van der Waals surface area contributed by atoms with E-state index in [-0.39, 0.29) is 17.9 Å². The molecule has 104 valence electrons. The summed E-state index contributed by atoms with van der Waals surface area (Å²) in [5.74, 6) is -0.994. The van der Waals surface area contributed by atoms with Crippen LogP contribution >= 0.6 is 0 Å². The van der Waals surface area contributed by atoms with Crippen molar-refractivity contribution in [2.24, 2.45) is 0 Å². The number of carbonyl (C=O) groups is 1. The number of rotatable bonds is 4. The fourth-order valence-corrected chi connectivity index (χ4v) is 1.79. The zero-order chi connectivity index (χ0) is 14.5. The third kappa shape index (κ3) is 3.55. The molecule has 0 saturated carbocycles. The van der Waals surface area contributed by atoms with Gasteiger partial charge in [0.25, 0.3) is 0 Å². The van der Waals surface area contributed by atoms with E-state index in [1.807, 2.05) is 0 Å². The first kappa shape index (κ1) is 14.0. The molecule has 1 amide bonds. The Morgan fingerprint density at radius 2 is 1.95 bits per heavy atom. The van der Waals surface area contributed by atoms with Crippen LogP contribution in [0, 0.1) is 5.82 Å². The molecule has 0 radical (unpaired) electrons. The molecule has 2 rings (SSSR count). The Morgan fingerprint density at radius 1 is 1.20 bits per heavy atom. The average Bonchev–Trinajstić information content (AvgIpc) is 2.41. The molecule has 0 heterocycles. The van der Waals surface area contributed by atoms with Crippen molar-refractivity contribution in [1.82, 2.24) is 0 Å². The highest BCUT2D eigenvalue weighted by molar-refractivity contribution is 5.92. The SMILES string of the molecule is O=C(CC(O)c1cccc(F)c1)Nc1ccccc1O. The van der Waals surface area contributed by atoms with Crippen LogP contribution in [0.5, 0.6) is 5.75 Å². The van der Waals surface area contributed by atoms with Gasteiger partial charge < -0.3 is 15.5 Å². The summed E-state index contributed by atoms with van der Waals surface area (Å²) in [6.45, 7) is 0. The van der Waals surface area contributed by atoms with Crippen molar-refractivity contribution in [3.8, 4) is 5.75 Å². The lowest BCUT2D eigenvalue weighted by Gasteiger charge is -2.12. The summed E-state index contributed by atoms with van der Waals surface area (Å²) in [5.41, 5.74) is 0.598. The Kier molecular flexibility index (Phi) is 4.32. The van der Waals surface area contributed by atoms with Gasteiger partial charge in [0.1, 0.15) is 11.6 Å². The number of phenols is 1. The van der Waals surface area contributed by atoms with E-state index < -0.39 is 17.8 Å². The number of aromatic hydroxyl groups is 1. The van der Waals surface area contributed by atoms with E-state index in [9.17, 15) is 19.4 Å². The first-order valence-electron chi connectivity index (χ1n) is 6.07. The Bertz CT molecular complexity index is 616. The zero-order valence-corrected chi connectivity index (χ0v) is 10.6. The van der Waals surface area contributed by atoms with Gasteiger partial charge in [0, 0.05) is 0 Å². The highest BCUT2D eigenvalue weighted by Crippen LogP contribution is 2.23. The van der Waals surface area contributed by atoms with E-state index in [4.69, 9.17) is 0 Å². The van der Waals surface area contributed by atoms with Crippen LogP contribution < -0.4 is 5.32 Å². The minimum Gasteiger partial charge on any atom is -0.506 e. The summed E-state index contributed by atoms with van der Waals surface area (Å²) < 4.78 is 13.0. The number of phenolic OH excluding ortho intramolecular Hbond substituents is 1. The van der Waals surface area contributed by atoms with Gasteiger partial charge in [-0.2, -0.15) is 0 Å². The lowest BCUT2D eigenvalue weighted by Crippen LogP contribution is -2.15. The second kappa shape index (κ2) is 6.16. The Hall–Kier alpha value is -2.40. The molecule has 0 saturated heterocycles. The van der Waals surface area contributed by atoms with E-state index in [1.165, 1.54) is 24.3 Å². The topological polar surface area (TPSA) is 69.6 Å². The monoisotopic (exact) mass is 275 g/mol. The normalized spacial score (nSPS) is 11.9. The fourth-order valence-electron chi connectivity index (χ4n) is 1.79. The quantitative estimate of drug-likeness (QED) is 0.751. The van der Waals surface area contributed by atoms with Gasteiger partial charge in [0.15, 0.2) is 0 Å². The molecule has 0 aliphatic heterocycles. The molecule has 0 aliphatic rings. The molecule has 0 spiro atoms. The maximum atomic E-state index is 13.0. The van der Waals surface area contributed by atoms with E-state index in [0.29, 0.717) is 5.56 Å². The number of aliphatic hydroxyl groups is 1. The van der Waals surface area contributed by atoms with Crippen molar-refractivity contribution >= 4 is 11.6 Å². The summed E-state index contributed by atoms with van der Waals surface area (Å²) in [6.07, 6.45) is -1.32. The van der Waals surface area contributed by atoms with Crippen molar-refractivity contribution in [1.29, 1.82) is 0 Å². The van der Waals surface area contributed by atoms with Gasteiger partial charge in [-0.15, -0.1) is 0 Å². The molecule has 0 fully saturated rings. The number of carbonyl (C=O) groups excluding carboxylic acids is 1. The third-order valence-corrected chi connectivity index (χ3v) is 2.79. The second-order valence-electron chi connectivity index (χ2n) is 4.34. The Labute approximate surface area is 115 Å². The molecule has 3 N–H and O–H groups in total. The largest absolute Gasteiger partial charge is 0.506 e. The Balaban J connectivity index is 2.00. The molecule has 1 atom stereocenters. The molecular weight excluding hydrogens is 261 g/mol. The molecule has 4 nitrogen and oxygen atoms in total. The Morgan fingerprint density at radius 3 is 2.65 bits per heavy atom. The smallest absolute Gasteiger partial charge is 0.227 e. The van der Waals surface area contributed by atoms with Gasteiger partial charge in [-0.25, -0.2) is 4.39 Å². The van der Waals surface area contributed by atoms with Crippen LogP contribution in [0.15, 0.2) is 48.5 Å². The fraction of sp³-hybridized carbons (Fsp3) is 0.133. The van der Waals surface area contributed by atoms with Crippen molar-refractivity contribution < 1.29 is 19.4 Å². The van der Waals surface area contributed by atoms with Gasteiger partial charge in [-0.1, -0.05) is 24.3 Å². The minimum absolute atomic E-state index is 0.0545. The first-order valence-corrected chi connectivity index (χ1v) is 6.07. The van der Waals surface area contributed by atoms with E-state index in [2.05, 4.69) is 5.32 Å². The average molecular weight is 275 g/mol. The lowest BCUT2D eigenvalue weighted by atomic mass is 10.1. The molecule has 2 aromatic carbocycles. The summed E-state index contributed by atoms with van der Waals surface area (Å²) in [7, 11) is 0. The highest BCUT2D eigenvalue weighted by Gasteiger charge is 2.14. The number of benzene rings is 2. The maximum Gasteiger partial charge on any atom is 0.227 e. The molecule has 0 aromatic heterocycles. The van der Waals surface area contributed by atoms with Gasteiger partial charge in [-0.3, -0.25) is 4.79 Å². The number of nitrogens with one attached hydrogen (secondary N) is 1. The minimum atomic E-state index is -1.10. The van der Waals surface area contributed by atoms with E-state index in [0.717, 1.165) is 0 Å². The molecule has 1 unspecified atom stereocenters. The summed E-state index contributed by atoms with van der Waals surface area (Å²) in [4.78, 5) is 11.8. The molecule has 20 heavy (non-hydrogen) atoms. The van der Waals surface area contributed by atoms with Crippen LogP contribution in [-0.4, -0.2) is 16.1 Å². The van der Waals surface area contributed by atoms with Gasteiger partial charge in [0.2, 0.25) is 5.91 Å². The number of para-hydroxylation sites is 2. The van der Waals surface area contributed by atoms with Crippen molar-refractivity contribution in [3.05, 3.63) is 59.9 Å². The van der Waals surface area contributed by atoms with E-state index in [1.54, 1.807) is 24.3 Å². The van der Waals surface area contributed by atoms with Crippen LogP contribution in [0.25, 0.3) is 0 Å². The lowest BCUT2D eigenvalue weighted by molar-refractivity contribution is -0.118. The van der Waals surface area contributed by atoms with Crippen molar-refractivity contribution in [3.63, 3.8) is 0 Å². The molecular formula is C15H14FNO3. The van der Waals surface area contributed by atoms with Crippen LogP contribution in [0.4, 0.5) is 10.1 Å². The highest BCUT2D eigenvalue weighted by atomic mass is 19.1. The van der Waals surface area contributed by atoms with Crippen LogP contribution in [0.1, 0.15) is 18.1 Å². The summed E-state index contributed by atoms with van der Waals surface area (Å²) in [5, 5.41) is 21.9. The number of amides is 1. The standard InChI is InChI=1S/C15H14FNO3/c16-11-5-3-4-10(8-11)14(19)9-15(20)17-12-6-1-2-7-13(12)18/h1-8,14,18-19H,9H2,(H,17,20). The second-order valence-corrected chi connectivity index (χ2v) is 4.34. The maximum absolute atomic E-state index is 13.0. The van der Waals surface area contributed by atoms with Crippen LogP contribution in [0.3, 0.4) is 0 Å². The number of halogens is 1. The predicted molar refractivity (Wildman–Crippen MR) is 72.7 cm³/mol. The van der Waals surface area contributed by atoms with Crippen LogP contribution in [-0.2, 0) is 4.79 Å². The van der Waals surface area contributed by atoms with E-state index >= 15 is 0 Å². The predicted octanol–water partition coefficient (Wildman–Crippen LogP) is 2.59. The molecule has 0 bridgehead atoms. The van der Waals surface area contributed by atoms with Crippen molar-refractivity contribution in [2.75, 3.05) is 5.32 Å². The van der Waals surface area contributed by atoms with Gasteiger partial charge in [-0.05, 0) is 29.8 Å². The molecule has 0 aliphatic carbocycles. The van der Waals surface area contributed by atoms with Crippen LogP contribution in [0.2, 0.25) is 0 Å². The van der Waals surface area contributed by atoms with Gasteiger partial charge >= 0.3 is 0 Å².